The molecule has 0 radical (unpaired) electrons. The lowest BCUT2D eigenvalue weighted by Gasteiger charge is -2.26. The highest BCUT2D eigenvalue weighted by atomic mass is 35.5. The number of pyridine rings is 1. The number of hydrogen-bond acceptors (Lipinski definition) is 6. The molecule has 1 aliphatic rings. The summed E-state index contributed by atoms with van der Waals surface area (Å²) >= 11 is 5.78. The van der Waals surface area contributed by atoms with Gasteiger partial charge in [-0.15, -0.1) is 0 Å². The molecule has 4 rings (SSSR count). The number of aryl methyl sites for hydroxylation is 1. The number of nitrogens with zero attached hydrogens (tertiary/aromatic N) is 4. The third-order valence-electron chi connectivity index (χ3n) is 6.01. The summed E-state index contributed by atoms with van der Waals surface area (Å²) in [5.41, 5.74) is 6.51. The van der Waals surface area contributed by atoms with E-state index in [0.717, 1.165) is 4.90 Å². The predicted molar refractivity (Wildman–Crippen MR) is 125 cm³/mol. The fourth-order valence-electron chi connectivity index (χ4n) is 4.27. The number of carbonyl (C=O) groups is 3. The molecule has 1 aromatic carbocycles. The van der Waals surface area contributed by atoms with Crippen LogP contribution in [0.25, 0.3) is 10.9 Å². The number of methoxy groups -OCH3 is 1. The Balaban J connectivity index is 1.58. The number of carbonyl (C=O) groups excluding carboxylic acids is 3. The first-order chi connectivity index (χ1) is 17.1. The van der Waals surface area contributed by atoms with E-state index in [0.29, 0.717) is 16.6 Å². The Bertz CT molecular complexity index is 1350. The molecule has 1 aliphatic heterocycles. The van der Waals surface area contributed by atoms with Gasteiger partial charge in [0.1, 0.15) is 30.7 Å². The molecule has 0 unspecified atom stereocenters. The lowest BCUT2D eigenvalue weighted by atomic mass is 10.1. The van der Waals surface area contributed by atoms with Crippen LogP contribution in [-0.2, 0) is 27.4 Å². The van der Waals surface area contributed by atoms with Crippen LogP contribution in [0.1, 0.15) is 21.7 Å². The van der Waals surface area contributed by atoms with Crippen LogP contribution in [0.3, 0.4) is 0 Å². The van der Waals surface area contributed by atoms with Crippen molar-refractivity contribution in [2.75, 3.05) is 13.7 Å². The van der Waals surface area contributed by atoms with Crippen molar-refractivity contribution in [3.63, 3.8) is 0 Å². The number of hydrogen-bond donors (Lipinski definition) is 2. The molecule has 190 valence electrons. The summed E-state index contributed by atoms with van der Waals surface area (Å²) < 4.78 is 35.4. The summed E-state index contributed by atoms with van der Waals surface area (Å²) in [5.74, 6) is -2.85. The molecule has 10 nitrogen and oxygen atoms in total. The van der Waals surface area contributed by atoms with E-state index in [1.54, 1.807) is 13.0 Å². The Morgan fingerprint density at radius 1 is 1.33 bits per heavy atom. The molecule has 3 N–H and O–H groups in total. The Morgan fingerprint density at radius 2 is 2.08 bits per heavy atom. The lowest BCUT2D eigenvalue weighted by Crippen LogP contribution is -2.51. The van der Waals surface area contributed by atoms with Gasteiger partial charge in [0.05, 0.1) is 23.3 Å². The van der Waals surface area contributed by atoms with Gasteiger partial charge in [0, 0.05) is 30.3 Å². The number of fused-ring (bicyclic) bond motifs is 1. The minimum absolute atomic E-state index is 0.0410. The van der Waals surface area contributed by atoms with Gasteiger partial charge in [-0.3, -0.25) is 24.0 Å². The van der Waals surface area contributed by atoms with Gasteiger partial charge < -0.3 is 20.7 Å². The molecule has 0 aliphatic carbocycles. The quantitative estimate of drug-likeness (QED) is 0.485. The van der Waals surface area contributed by atoms with Crippen molar-refractivity contribution in [2.45, 2.75) is 38.3 Å². The maximum absolute atomic E-state index is 14.8. The largest absolute Gasteiger partial charge is 0.376 e. The highest BCUT2D eigenvalue weighted by Gasteiger charge is 2.48. The van der Waals surface area contributed by atoms with Crippen LogP contribution >= 0.6 is 11.6 Å². The summed E-state index contributed by atoms with van der Waals surface area (Å²) in [4.78, 5) is 43.4. The zero-order valence-electron chi connectivity index (χ0n) is 19.4. The maximum Gasteiger partial charge on any atom is 0.269 e. The number of alkyl halides is 1. The Hall–Kier alpha value is -3.64. The second kappa shape index (κ2) is 10.2. The topological polar surface area (TPSA) is 132 Å². The van der Waals surface area contributed by atoms with Gasteiger partial charge >= 0.3 is 0 Å². The van der Waals surface area contributed by atoms with Gasteiger partial charge in [-0.1, -0.05) is 23.7 Å². The molecule has 2 aromatic heterocycles. The van der Waals surface area contributed by atoms with Gasteiger partial charge in [-0.2, -0.15) is 5.10 Å². The minimum Gasteiger partial charge on any atom is -0.376 e. The Morgan fingerprint density at radius 3 is 2.78 bits per heavy atom. The molecule has 0 bridgehead atoms. The van der Waals surface area contributed by atoms with E-state index < -0.39 is 54.9 Å². The molecule has 3 aromatic rings. The molecule has 3 atom stereocenters. The van der Waals surface area contributed by atoms with E-state index in [4.69, 9.17) is 22.1 Å². The molecule has 0 spiro atoms. The molecule has 36 heavy (non-hydrogen) atoms. The third-order valence-corrected chi connectivity index (χ3v) is 6.30. The number of halogens is 3. The van der Waals surface area contributed by atoms with Crippen LogP contribution in [0.4, 0.5) is 8.78 Å². The number of amides is 3. The lowest BCUT2D eigenvalue weighted by molar-refractivity contribution is -0.141. The molecule has 1 saturated heterocycles. The molecule has 1 fully saturated rings. The average Bonchev–Trinajstić information content (AvgIpc) is 3.36. The van der Waals surface area contributed by atoms with E-state index in [-0.39, 0.29) is 22.8 Å². The maximum atomic E-state index is 14.8. The van der Waals surface area contributed by atoms with Crippen LogP contribution in [0, 0.1) is 12.7 Å². The summed E-state index contributed by atoms with van der Waals surface area (Å²) in [6.07, 6.45) is -1.43. The second-order valence-corrected chi connectivity index (χ2v) is 8.76. The van der Waals surface area contributed by atoms with Gasteiger partial charge in [0.15, 0.2) is 5.69 Å². The van der Waals surface area contributed by atoms with Gasteiger partial charge in [-0.05, 0) is 19.1 Å². The zero-order valence-corrected chi connectivity index (χ0v) is 20.1. The fourth-order valence-corrected chi connectivity index (χ4v) is 4.47. The molecule has 0 saturated carbocycles. The van der Waals surface area contributed by atoms with Crippen molar-refractivity contribution in [2.24, 2.45) is 5.73 Å². The van der Waals surface area contributed by atoms with E-state index in [9.17, 15) is 23.2 Å². The summed E-state index contributed by atoms with van der Waals surface area (Å²) in [7, 11) is 1.23. The Kier molecular flexibility index (Phi) is 7.18. The fraction of sp³-hybridized carbons (Fsp3) is 0.348. The molecular weight excluding hydrogens is 498 g/mol. The number of nitrogens with one attached hydrogen (secondary N) is 1. The van der Waals surface area contributed by atoms with E-state index in [1.807, 2.05) is 0 Å². The Labute approximate surface area is 209 Å². The van der Waals surface area contributed by atoms with Crippen LogP contribution in [0.5, 0.6) is 0 Å². The van der Waals surface area contributed by atoms with E-state index in [2.05, 4.69) is 15.4 Å². The van der Waals surface area contributed by atoms with E-state index in [1.165, 1.54) is 36.2 Å². The normalized spacial score (nSPS) is 19.6. The van der Waals surface area contributed by atoms with Crippen molar-refractivity contribution in [3.8, 4) is 0 Å². The summed E-state index contributed by atoms with van der Waals surface area (Å²) in [5, 5.41) is 6.97. The number of likely N-dealkylation sites (tertiary alicyclic amines) is 1. The average molecular weight is 521 g/mol. The number of rotatable bonds is 7. The highest BCUT2D eigenvalue weighted by molar-refractivity contribution is 6.30. The predicted octanol–water partition coefficient (Wildman–Crippen LogP) is 1.51. The SMILES string of the molecule is CO[C@H]1[C@@H](C(=O)NCc2cccc(Cl)c2F)N(C(=O)Cn2nc(C(N)=O)c3cc(C)ncc32)C[C@@H]1F. The van der Waals surface area contributed by atoms with Crippen molar-refractivity contribution >= 4 is 40.2 Å². The first kappa shape index (κ1) is 25.5. The second-order valence-electron chi connectivity index (χ2n) is 8.35. The van der Waals surface area contributed by atoms with Crippen LogP contribution in [0.2, 0.25) is 5.02 Å². The third kappa shape index (κ3) is 4.73. The molecule has 3 heterocycles. The van der Waals surface area contributed by atoms with Crippen molar-refractivity contribution in [3.05, 3.63) is 58.3 Å². The summed E-state index contributed by atoms with van der Waals surface area (Å²) in [6.45, 7) is 0.681. The van der Waals surface area contributed by atoms with Crippen LogP contribution in [-0.4, -0.2) is 69.4 Å². The zero-order chi connectivity index (χ0) is 26.1. The van der Waals surface area contributed by atoms with Crippen molar-refractivity contribution < 1.29 is 27.9 Å². The minimum atomic E-state index is -1.64. The number of ether oxygens (including phenoxy) is 1. The number of aromatic nitrogens is 3. The highest BCUT2D eigenvalue weighted by Crippen LogP contribution is 2.26. The number of benzene rings is 1. The standard InChI is InChI=1S/C23H23ClF2N6O4/c1-11-6-13-16(8-28-11)32(30-19(13)22(27)34)10-17(33)31-9-15(25)21(36-2)20(31)23(35)29-7-12-4-3-5-14(24)18(12)26/h3-6,8,15,20-21H,7,9-10H2,1-2H3,(H2,27,34)(H,29,35)/t15-,20-,21+/m0/s1. The van der Waals surface area contributed by atoms with Crippen molar-refractivity contribution in [1.29, 1.82) is 0 Å². The monoisotopic (exact) mass is 520 g/mol. The van der Waals surface area contributed by atoms with Gasteiger partial charge in [0.2, 0.25) is 11.8 Å². The van der Waals surface area contributed by atoms with Crippen LogP contribution < -0.4 is 11.1 Å². The molecule has 13 heteroatoms. The van der Waals surface area contributed by atoms with E-state index >= 15 is 0 Å². The van der Waals surface area contributed by atoms with Gasteiger partial charge in [-0.25, -0.2) is 8.78 Å². The molecular formula is C23H23ClF2N6O4. The number of nitrogens with two attached hydrogens (primary N) is 1. The van der Waals surface area contributed by atoms with Crippen LogP contribution in [0.15, 0.2) is 30.5 Å². The smallest absolute Gasteiger partial charge is 0.269 e. The summed E-state index contributed by atoms with van der Waals surface area (Å²) in [6, 6.07) is 4.63. The van der Waals surface area contributed by atoms with Gasteiger partial charge in [0.25, 0.3) is 5.91 Å². The number of primary amides is 1. The first-order valence-corrected chi connectivity index (χ1v) is 11.3. The first-order valence-electron chi connectivity index (χ1n) is 10.9. The van der Waals surface area contributed by atoms with Crippen molar-refractivity contribution in [1.82, 2.24) is 25.0 Å². The molecule has 3 amide bonds.